The SMILES string of the molecule is CCC[C@@H]1CC[C@H](c2ccc(O)c(F)c2)OC1. The van der Waals surface area contributed by atoms with Gasteiger partial charge in [-0.2, -0.15) is 0 Å². The third kappa shape index (κ3) is 2.97. The number of hydrogen-bond acceptors (Lipinski definition) is 2. The van der Waals surface area contributed by atoms with Crippen LogP contribution in [-0.4, -0.2) is 11.7 Å². The van der Waals surface area contributed by atoms with E-state index in [4.69, 9.17) is 9.84 Å². The van der Waals surface area contributed by atoms with Crippen LogP contribution < -0.4 is 0 Å². The Morgan fingerprint density at radius 3 is 2.82 bits per heavy atom. The molecule has 1 aliphatic rings. The monoisotopic (exact) mass is 238 g/mol. The lowest BCUT2D eigenvalue weighted by atomic mass is 9.92. The Morgan fingerprint density at radius 1 is 1.41 bits per heavy atom. The molecule has 0 amide bonds. The first kappa shape index (κ1) is 12.4. The van der Waals surface area contributed by atoms with Crippen molar-refractivity contribution in [1.82, 2.24) is 0 Å². The lowest BCUT2D eigenvalue weighted by molar-refractivity contribution is -0.0196. The second-order valence-electron chi connectivity index (χ2n) is 4.76. The molecule has 2 rings (SSSR count). The van der Waals surface area contributed by atoms with Crippen molar-refractivity contribution in [2.45, 2.75) is 38.7 Å². The lowest BCUT2D eigenvalue weighted by Crippen LogP contribution is -2.20. The number of ether oxygens (including phenoxy) is 1. The summed E-state index contributed by atoms with van der Waals surface area (Å²) in [7, 11) is 0. The molecule has 0 saturated carbocycles. The van der Waals surface area contributed by atoms with Crippen LogP contribution in [0.4, 0.5) is 4.39 Å². The fourth-order valence-electron chi connectivity index (χ4n) is 2.43. The van der Waals surface area contributed by atoms with Gasteiger partial charge in [0.15, 0.2) is 11.6 Å². The number of hydrogen-bond donors (Lipinski definition) is 1. The van der Waals surface area contributed by atoms with Gasteiger partial charge >= 0.3 is 0 Å². The maximum atomic E-state index is 13.2. The predicted octanol–water partition coefficient (Wildman–Crippen LogP) is 3.80. The summed E-state index contributed by atoms with van der Waals surface area (Å²) in [5.41, 5.74) is 0.829. The van der Waals surface area contributed by atoms with Gasteiger partial charge in [-0.15, -0.1) is 0 Å². The molecule has 2 atom stereocenters. The van der Waals surface area contributed by atoms with Crippen molar-refractivity contribution >= 4 is 0 Å². The van der Waals surface area contributed by atoms with Crippen LogP contribution in [0.15, 0.2) is 18.2 Å². The maximum Gasteiger partial charge on any atom is 0.165 e. The van der Waals surface area contributed by atoms with Crippen LogP contribution in [0.1, 0.15) is 44.3 Å². The highest BCUT2D eigenvalue weighted by molar-refractivity contribution is 5.29. The summed E-state index contributed by atoms with van der Waals surface area (Å²) >= 11 is 0. The average Bonchev–Trinajstić information content (AvgIpc) is 2.34. The molecule has 1 aromatic rings. The molecule has 0 radical (unpaired) electrons. The van der Waals surface area contributed by atoms with E-state index in [0.717, 1.165) is 25.0 Å². The van der Waals surface area contributed by atoms with Crippen LogP contribution in [0.5, 0.6) is 5.75 Å². The van der Waals surface area contributed by atoms with Gasteiger partial charge in [0.25, 0.3) is 0 Å². The van der Waals surface area contributed by atoms with Crippen molar-refractivity contribution in [3.8, 4) is 5.75 Å². The van der Waals surface area contributed by atoms with Crippen LogP contribution >= 0.6 is 0 Å². The van der Waals surface area contributed by atoms with Crippen LogP contribution in [0.25, 0.3) is 0 Å². The molecule has 0 bridgehead atoms. The number of halogens is 1. The molecule has 1 N–H and O–H groups in total. The van der Waals surface area contributed by atoms with Gasteiger partial charge in [-0.05, 0) is 42.9 Å². The van der Waals surface area contributed by atoms with Crippen LogP contribution in [-0.2, 0) is 4.74 Å². The molecule has 1 fully saturated rings. The summed E-state index contributed by atoms with van der Waals surface area (Å²) in [6.07, 6.45) is 4.46. The fourth-order valence-corrected chi connectivity index (χ4v) is 2.43. The third-order valence-corrected chi connectivity index (χ3v) is 3.41. The molecular weight excluding hydrogens is 219 g/mol. The van der Waals surface area contributed by atoms with Gasteiger partial charge in [0.05, 0.1) is 12.7 Å². The molecule has 17 heavy (non-hydrogen) atoms. The standard InChI is InChI=1S/C14H19FO2/c1-2-3-10-4-7-14(17-9-10)11-5-6-13(16)12(15)8-11/h5-6,8,10,14,16H,2-4,7,9H2,1H3/t10-,14-/m1/s1. The van der Waals surface area contributed by atoms with Gasteiger partial charge in [-0.1, -0.05) is 19.4 Å². The summed E-state index contributed by atoms with van der Waals surface area (Å²) in [6.45, 7) is 2.95. The van der Waals surface area contributed by atoms with Gasteiger partial charge in [-0.3, -0.25) is 0 Å². The fraction of sp³-hybridized carbons (Fsp3) is 0.571. The van der Waals surface area contributed by atoms with E-state index in [1.165, 1.54) is 25.0 Å². The Kier molecular flexibility index (Phi) is 4.00. The van der Waals surface area contributed by atoms with E-state index < -0.39 is 5.82 Å². The zero-order valence-electron chi connectivity index (χ0n) is 10.2. The molecule has 0 spiro atoms. The highest BCUT2D eigenvalue weighted by Gasteiger charge is 2.22. The normalized spacial score (nSPS) is 24.8. The zero-order valence-corrected chi connectivity index (χ0v) is 10.2. The minimum Gasteiger partial charge on any atom is -0.505 e. The third-order valence-electron chi connectivity index (χ3n) is 3.41. The Bertz CT molecular complexity index is 370. The molecule has 1 aromatic carbocycles. The molecule has 2 nitrogen and oxygen atoms in total. The number of benzene rings is 1. The number of phenolic OH excluding ortho intramolecular Hbond substituents is 1. The van der Waals surface area contributed by atoms with E-state index in [0.29, 0.717) is 5.92 Å². The number of phenols is 1. The van der Waals surface area contributed by atoms with Crippen LogP contribution in [0.2, 0.25) is 0 Å². The summed E-state index contributed by atoms with van der Waals surface area (Å²) in [4.78, 5) is 0. The molecule has 94 valence electrons. The smallest absolute Gasteiger partial charge is 0.165 e. The van der Waals surface area contributed by atoms with Gasteiger partial charge in [0, 0.05) is 0 Å². The lowest BCUT2D eigenvalue weighted by Gasteiger charge is -2.29. The number of rotatable bonds is 3. The zero-order chi connectivity index (χ0) is 12.3. The first-order valence-electron chi connectivity index (χ1n) is 6.30. The highest BCUT2D eigenvalue weighted by atomic mass is 19.1. The van der Waals surface area contributed by atoms with E-state index in [-0.39, 0.29) is 11.9 Å². The second-order valence-corrected chi connectivity index (χ2v) is 4.76. The molecule has 0 unspecified atom stereocenters. The van der Waals surface area contributed by atoms with Crippen molar-refractivity contribution in [3.05, 3.63) is 29.6 Å². The molecule has 1 heterocycles. The quantitative estimate of drug-likeness (QED) is 0.867. The molecule has 0 aliphatic carbocycles. The van der Waals surface area contributed by atoms with Gasteiger partial charge in [0.2, 0.25) is 0 Å². The van der Waals surface area contributed by atoms with Gasteiger partial charge in [-0.25, -0.2) is 4.39 Å². The van der Waals surface area contributed by atoms with Crippen molar-refractivity contribution in [3.63, 3.8) is 0 Å². The van der Waals surface area contributed by atoms with Crippen molar-refractivity contribution in [1.29, 1.82) is 0 Å². The largest absolute Gasteiger partial charge is 0.505 e. The van der Waals surface area contributed by atoms with Crippen LogP contribution in [0.3, 0.4) is 0 Å². The van der Waals surface area contributed by atoms with Gasteiger partial charge < -0.3 is 9.84 Å². The highest BCUT2D eigenvalue weighted by Crippen LogP contribution is 2.33. The second kappa shape index (κ2) is 5.50. The number of aromatic hydroxyl groups is 1. The Labute approximate surface area is 101 Å². The molecular formula is C14H19FO2. The van der Waals surface area contributed by atoms with Crippen LogP contribution in [0, 0.1) is 11.7 Å². The van der Waals surface area contributed by atoms with E-state index in [2.05, 4.69) is 6.92 Å². The summed E-state index contributed by atoms with van der Waals surface area (Å²) in [6, 6.07) is 4.51. The molecule has 0 aromatic heterocycles. The van der Waals surface area contributed by atoms with E-state index in [9.17, 15) is 4.39 Å². The maximum absolute atomic E-state index is 13.2. The van der Waals surface area contributed by atoms with E-state index in [1.807, 2.05) is 0 Å². The summed E-state index contributed by atoms with van der Waals surface area (Å²) in [5.74, 6) is -0.214. The topological polar surface area (TPSA) is 29.5 Å². The Hall–Kier alpha value is -1.09. The minimum absolute atomic E-state index is 0.0155. The minimum atomic E-state index is -0.568. The first-order chi connectivity index (χ1) is 8.20. The van der Waals surface area contributed by atoms with E-state index in [1.54, 1.807) is 6.07 Å². The predicted molar refractivity (Wildman–Crippen MR) is 64.4 cm³/mol. The molecule has 1 aliphatic heterocycles. The van der Waals surface area contributed by atoms with Crippen molar-refractivity contribution < 1.29 is 14.2 Å². The Balaban J connectivity index is 1.98. The van der Waals surface area contributed by atoms with Crippen molar-refractivity contribution in [2.75, 3.05) is 6.61 Å². The van der Waals surface area contributed by atoms with Gasteiger partial charge in [0.1, 0.15) is 0 Å². The van der Waals surface area contributed by atoms with Crippen molar-refractivity contribution in [2.24, 2.45) is 5.92 Å². The average molecular weight is 238 g/mol. The summed E-state index contributed by atoms with van der Waals surface area (Å²) in [5, 5.41) is 9.14. The first-order valence-corrected chi connectivity index (χ1v) is 6.30. The molecule has 3 heteroatoms. The Morgan fingerprint density at radius 2 is 2.24 bits per heavy atom. The molecule has 1 saturated heterocycles. The summed E-state index contributed by atoms with van der Waals surface area (Å²) < 4.78 is 19.0. The van der Waals surface area contributed by atoms with E-state index >= 15 is 0 Å².